The summed E-state index contributed by atoms with van der Waals surface area (Å²) in [6, 6.07) is 7.46. The third-order valence-corrected chi connectivity index (χ3v) is 7.64. The van der Waals surface area contributed by atoms with Gasteiger partial charge in [-0.3, -0.25) is 9.36 Å². The van der Waals surface area contributed by atoms with Crippen molar-refractivity contribution in [1.29, 1.82) is 0 Å². The summed E-state index contributed by atoms with van der Waals surface area (Å²) >= 11 is 1.22. The largest absolute Gasteiger partial charge is 0.496 e. The van der Waals surface area contributed by atoms with E-state index in [0.29, 0.717) is 46.5 Å². The van der Waals surface area contributed by atoms with Gasteiger partial charge >= 0.3 is 11.7 Å². The van der Waals surface area contributed by atoms with Gasteiger partial charge in [-0.1, -0.05) is 18.2 Å². The lowest BCUT2D eigenvalue weighted by Crippen LogP contribution is -2.52. The number of aryl methyl sites for hydroxylation is 3. The Morgan fingerprint density at radius 3 is 2.50 bits per heavy atom. The number of methoxy groups -OCH3 is 1. The Morgan fingerprint density at radius 1 is 1.26 bits per heavy atom. The fraction of sp³-hybridized carbons (Fsp3) is 0.385. The van der Waals surface area contributed by atoms with E-state index in [4.69, 9.17) is 14.3 Å². The lowest BCUT2D eigenvalue weighted by molar-refractivity contribution is -0.146. The van der Waals surface area contributed by atoms with Crippen LogP contribution in [0.4, 0.5) is 0 Å². The zero-order valence-corrected chi connectivity index (χ0v) is 22.3. The Bertz CT molecular complexity index is 1560. The fourth-order valence-electron chi connectivity index (χ4n) is 4.04. The number of aromatic nitrogens is 3. The van der Waals surface area contributed by atoms with Gasteiger partial charge in [0, 0.05) is 6.54 Å². The summed E-state index contributed by atoms with van der Waals surface area (Å²) in [7, 11) is 1.57. The maximum Gasteiger partial charge on any atom is 0.333 e. The minimum Gasteiger partial charge on any atom is -0.496 e. The van der Waals surface area contributed by atoms with E-state index in [1.807, 2.05) is 24.3 Å². The predicted octanol–water partition coefficient (Wildman–Crippen LogP) is 2.64. The molecule has 0 unspecified atom stereocenters. The average molecular weight is 544 g/mol. The zero-order chi connectivity index (χ0) is 27.6. The molecule has 0 saturated carbocycles. The maximum atomic E-state index is 13.5. The Labute approximate surface area is 221 Å². The molecule has 1 aliphatic heterocycles. The van der Waals surface area contributed by atoms with E-state index in [1.165, 1.54) is 42.2 Å². The van der Waals surface area contributed by atoms with E-state index in [9.17, 15) is 19.5 Å². The van der Waals surface area contributed by atoms with Crippen LogP contribution in [0, 0.1) is 6.92 Å². The molecule has 3 aromatic heterocycles. The summed E-state index contributed by atoms with van der Waals surface area (Å²) in [5, 5.41) is 18.4. The number of fused-ring (bicyclic) bond motifs is 1. The van der Waals surface area contributed by atoms with Crippen molar-refractivity contribution < 1.29 is 28.9 Å². The highest BCUT2D eigenvalue weighted by atomic mass is 32.1. The fourth-order valence-corrected chi connectivity index (χ4v) is 5.30. The van der Waals surface area contributed by atoms with Crippen LogP contribution in [-0.2, 0) is 28.0 Å². The van der Waals surface area contributed by atoms with Crippen LogP contribution in [0.3, 0.4) is 0 Å². The van der Waals surface area contributed by atoms with Crippen molar-refractivity contribution >= 4 is 27.5 Å². The summed E-state index contributed by atoms with van der Waals surface area (Å²) in [6.07, 6.45) is 3.21. The summed E-state index contributed by atoms with van der Waals surface area (Å²) in [5.41, 5.74) is -1.61. The molecule has 1 aromatic carbocycles. The molecule has 0 atom stereocenters. The van der Waals surface area contributed by atoms with Crippen LogP contribution in [-0.4, -0.2) is 56.7 Å². The molecule has 0 radical (unpaired) electrons. The standard InChI is InChI=1S/C23H23N3O6S.C3H6O2/c1-13-16-19(27)26(23(2,3)21(28)29)22(30)25(11-9-14-7-5-6-8-15(14)31-4)20(16)33-17(13)18-24-10-12-32-18;4-3-1-5-2-3/h5-8,10,12H,9,11H2,1-4H3,(H,28,29);3-4H,1-2H2. The molecule has 11 nitrogen and oxygen atoms in total. The molecule has 202 valence electrons. The summed E-state index contributed by atoms with van der Waals surface area (Å²) < 4.78 is 17.7. The number of carbonyl (C=O) groups is 1. The van der Waals surface area contributed by atoms with Crippen LogP contribution in [0.1, 0.15) is 25.0 Å². The Hall–Kier alpha value is -3.74. The first kappa shape index (κ1) is 27.3. The van der Waals surface area contributed by atoms with Crippen molar-refractivity contribution in [2.75, 3.05) is 20.3 Å². The monoisotopic (exact) mass is 543 g/mol. The topological polar surface area (TPSA) is 146 Å². The second-order valence-electron chi connectivity index (χ2n) is 9.27. The minimum absolute atomic E-state index is 0.157. The highest BCUT2D eigenvalue weighted by molar-refractivity contribution is 7.22. The van der Waals surface area contributed by atoms with Crippen molar-refractivity contribution in [3.8, 4) is 16.5 Å². The maximum absolute atomic E-state index is 13.5. The van der Waals surface area contributed by atoms with E-state index < -0.39 is 22.8 Å². The number of carboxylic acid groups (broad SMARTS) is 1. The Kier molecular flexibility index (Phi) is 7.86. The van der Waals surface area contributed by atoms with Gasteiger partial charge in [0.15, 0.2) is 0 Å². The molecule has 12 heteroatoms. The van der Waals surface area contributed by atoms with E-state index >= 15 is 0 Å². The molecule has 1 fully saturated rings. The summed E-state index contributed by atoms with van der Waals surface area (Å²) in [6.45, 7) is 5.72. The highest BCUT2D eigenvalue weighted by Crippen LogP contribution is 2.36. The van der Waals surface area contributed by atoms with Gasteiger partial charge in [-0.25, -0.2) is 19.1 Å². The van der Waals surface area contributed by atoms with Gasteiger partial charge in [0.05, 0.1) is 36.8 Å². The molecule has 0 bridgehead atoms. The first-order valence-electron chi connectivity index (χ1n) is 11.9. The number of para-hydroxylation sites is 1. The summed E-state index contributed by atoms with van der Waals surface area (Å²) in [5.74, 6) is -0.261. The molecule has 2 N–H and O–H groups in total. The Morgan fingerprint density at radius 2 is 1.95 bits per heavy atom. The van der Waals surface area contributed by atoms with Gasteiger partial charge in [-0.2, -0.15) is 0 Å². The average Bonchev–Trinajstić information content (AvgIpc) is 3.51. The third-order valence-electron chi connectivity index (χ3n) is 6.34. The lowest BCUT2D eigenvalue weighted by atomic mass is 10.1. The SMILES string of the molecule is COc1ccccc1CCn1c(=O)n(C(C)(C)C(=O)O)c(=O)c2c(C)c(-c3ncco3)sc21.OC1COC1. The molecule has 1 aliphatic rings. The second-order valence-corrected chi connectivity index (χ2v) is 10.3. The number of hydrogen-bond acceptors (Lipinski definition) is 9. The van der Waals surface area contributed by atoms with Crippen molar-refractivity contribution in [3.63, 3.8) is 0 Å². The van der Waals surface area contributed by atoms with Crippen molar-refractivity contribution in [2.24, 2.45) is 0 Å². The van der Waals surface area contributed by atoms with Crippen LogP contribution >= 0.6 is 11.3 Å². The number of hydrogen-bond donors (Lipinski definition) is 2. The number of benzene rings is 1. The smallest absolute Gasteiger partial charge is 0.333 e. The lowest BCUT2D eigenvalue weighted by Gasteiger charge is -2.23. The molecular weight excluding hydrogens is 514 g/mol. The van der Waals surface area contributed by atoms with Crippen LogP contribution in [0.25, 0.3) is 21.0 Å². The quantitative estimate of drug-likeness (QED) is 0.359. The highest BCUT2D eigenvalue weighted by Gasteiger charge is 2.35. The van der Waals surface area contributed by atoms with Crippen LogP contribution in [0.2, 0.25) is 0 Å². The number of rotatable bonds is 7. The molecule has 0 amide bonds. The zero-order valence-electron chi connectivity index (χ0n) is 21.5. The number of aliphatic hydroxyl groups excluding tert-OH is 1. The molecule has 0 spiro atoms. The van der Waals surface area contributed by atoms with Crippen LogP contribution < -0.4 is 16.0 Å². The number of nitrogens with zero attached hydrogens (tertiary/aromatic N) is 3. The number of carboxylic acids is 1. The third kappa shape index (κ3) is 5.02. The normalized spacial score (nSPS) is 13.6. The molecule has 38 heavy (non-hydrogen) atoms. The van der Waals surface area contributed by atoms with Gasteiger partial charge < -0.3 is 24.1 Å². The molecule has 1 saturated heterocycles. The van der Waals surface area contributed by atoms with E-state index in [-0.39, 0.29) is 18.0 Å². The van der Waals surface area contributed by atoms with Gasteiger partial charge in [0.1, 0.15) is 28.5 Å². The van der Waals surface area contributed by atoms with Gasteiger partial charge in [0.25, 0.3) is 5.56 Å². The number of oxazole rings is 1. The second kappa shape index (κ2) is 10.9. The number of aliphatic hydroxyl groups is 1. The molecule has 4 aromatic rings. The Balaban J connectivity index is 0.000000603. The molecule has 0 aliphatic carbocycles. The minimum atomic E-state index is -1.74. The summed E-state index contributed by atoms with van der Waals surface area (Å²) in [4.78, 5) is 44.2. The first-order valence-corrected chi connectivity index (χ1v) is 12.7. The number of thiophene rings is 1. The van der Waals surface area contributed by atoms with Crippen molar-refractivity contribution in [3.05, 3.63) is 68.7 Å². The van der Waals surface area contributed by atoms with E-state index in [0.717, 1.165) is 10.1 Å². The number of ether oxygens (including phenoxy) is 2. The van der Waals surface area contributed by atoms with E-state index in [2.05, 4.69) is 9.72 Å². The van der Waals surface area contributed by atoms with Gasteiger partial charge in [-0.15, -0.1) is 11.3 Å². The van der Waals surface area contributed by atoms with Crippen molar-refractivity contribution in [2.45, 2.75) is 45.4 Å². The van der Waals surface area contributed by atoms with Crippen molar-refractivity contribution in [1.82, 2.24) is 14.1 Å². The van der Waals surface area contributed by atoms with Gasteiger partial charge in [0.2, 0.25) is 5.89 Å². The molecular formula is C26H29N3O8S. The number of aliphatic carboxylic acids is 1. The first-order chi connectivity index (χ1) is 18.1. The molecule has 5 rings (SSSR count). The van der Waals surface area contributed by atoms with Gasteiger partial charge in [-0.05, 0) is 44.4 Å². The van der Waals surface area contributed by atoms with Crippen LogP contribution in [0.5, 0.6) is 5.75 Å². The van der Waals surface area contributed by atoms with E-state index in [1.54, 1.807) is 14.0 Å². The predicted molar refractivity (Wildman–Crippen MR) is 141 cm³/mol. The van der Waals surface area contributed by atoms with Crippen LogP contribution in [0.15, 0.2) is 50.7 Å². The molecule has 4 heterocycles.